The van der Waals surface area contributed by atoms with E-state index < -0.39 is 0 Å². The average Bonchev–Trinajstić information content (AvgIpc) is 2.26. The molecule has 1 N–H and O–H groups in total. The molecule has 0 fully saturated rings. The van der Waals surface area contributed by atoms with Crippen LogP contribution in [0.3, 0.4) is 0 Å². The molecule has 0 saturated heterocycles. The van der Waals surface area contributed by atoms with Gasteiger partial charge in [0, 0.05) is 6.61 Å². The molecule has 2 nitrogen and oxygen atoms in total. The molecule has 0 amide bonds. The van der Waals surface area contributed by atoms with Gasteiger partial charge in [0.05, 0.1) is 7.11 Å². The Kier molecular flexibility index (Phi) is 4.56. The monoisotopic (exact) mass is 212 g/mol. The summed E-state index contributed by atoms with van der Waals surface area (Å²) in [4.78, 5) is 0. The number of rotatable bonds is 5. The zero-order valence-corrected chi connectivity index (χ0v) is 9.16. The summed E-state index contributed by atoms with van der Waals surface area (Å²) in [6.07, 6.45) is 1.52. The molecule has 0 heterocycles. The van der Waals surface area contributed by atoms with Crippen LogP contribution in [-0.2, 0) is 6.42 Å². The zero-order valence-electron chi connectivity index (χ0n) is 9.16. The lowest BCUT2D eigenvalue weighted by Crippen LogP contribution is -2.09. The number of ether oxygens (including phenoxy) is 1. The second-order valence-electron chi connectivity index (χ2n) is 3.62. The van der Waals surface area contributed by atoms with Crippen molar-refractivity contribution < 1.29 is 14.2 Å². The number of aliphatic hydroxyl groups is 1. The lowest BCUT2D eigenvalue weighted by Gasteiger charge is -2.14. The van der Waals surface area contributed by atoms with E-state index >= 15 is 0 Å². The number of methoxy groups -OCH3 is 1. The summed E-state index contributed by atoms with van der Waals surface area (Å²) in [5.74, 6) is 0.586. The summed E-state index contributed by atoms with van der Waals surface area (Å²) in [6, 6.07) is 4.47. The van der Waals surface area contributed by atoms with Gasteiger partial charge in [0.15, 0.2) is 0 Å². The number of hydrogen-bond donors (Lipinski definition) is 1. The average molecular weight is 212 g/mol. The maximum absolute atomic E-state index is 13.0. The molecule has 1 aromatic carbocycles. The first kappa shape index (κ1) is 12.0. The Balaban J connectivity index is 2.86. The van der Waals surface area contributed by atoms with Gasteiger partial charge in [-0.2, -0.15) is 0 Å². The van der Waals surface area contributed by atoms with Crippen LogP contribution in [0.1, 0.15) is 18.9 Å². The molecule has 0 aliphatic rings. The Morgan fingerprint density at radius 3 is 2.73 bits per heavy atom. The van der Waals surface area contributed by atoms with Crippen LogP contribution in [0.4, 0.5) is 4.39 Å². The van der Waals surface area contributed by atoms with Crippen molar-refractivity contribution in [3.8, 4) is 5.75 Å². The minimum absolute atomic E-state index is 0.121. The molecule has 0 aliphatic carbocycles. The van der Waals surface area contributed by atoms with E-state index in [0.29, 0.717) is 12.2 Å². The molecule has 1 unspecified atom stereocenters. The maximum atomic E-state index is 13.0. The normalized spacial score (nSPS) is 12.5. The Labute approximate surface area is 89.7 Å². The minimum Gasteiger partial charge on any atom is -0.496 e. The third-order valence-corrected chi connectivity index (χ3v) is 2.59. The Morgan fingerprint density at radius 2 is 2.20 bits per heavy atom. The highest BCUT2D eigenvalue weighted by molar-refractivity contribution is 5.34. The summed E-state index contributed by atoms with van der Waals surface area (Å²) in [5, 5.41) is 9.09. The van der Waals surface area contributed by atoms with E-state index in [-0.39, 0.29) is 18.3 Å². The van der Waals surface area contributed by atoms with E-state index in [9.17, 15) is 4.39 Å². The fourth-order valence-electron chi connectivity index (χ4n) is 1.56. The van der Waals surface area contributed by atoms with Crippen LogP contribution in [-0.4, -0.2) is 18.8 Å². The molecule has 0 aliphatic heterocycles. The van der Waals surface area contributed by atoms with Crippen LogP contribution in [0.15, 0.2) is 18.2 Å². The standard InChI is InChI=1S/C12H17FO2/c1-3-9(8-14)6-10-7-11(13)4-5-12(10)15-2/h4-5,7,9,14H,3,6,8H2,1-2H3. The molecule has 0 bridgehead atoms. The molecule has 0 spiro atoms. The third kappa shape index (κ3) is 3.20. The highest BCUT2D eigenvalue weighted by atomic mass is 19.1. The first-order valence-electron chi connectivity index (χ1n) is 5.14. The topological polar surface area (TPSA) is 29.5 Å². The molecule has 15 heavy (non-hydrogen) atoms. The smallest absolute Gasteiger partial charge is 0.123 e. The lowest BCUT2D eigenvalue weighted by atomic mass is 9.97. The van der Waals surface area contributed by atoms with Gasteiger partial charge in [0.2, 0.25) is 0 Å². The highest BCUT2D eigenvalue weighted by Gasteiger charge is 2.11. The predicted octanol–water partition coefficient (Wildman–Crippen LogP) is 2.40. The van der Waals surface area contributed by atoms with Crippen LogP contribution in [0.25, 0.3) is 0 Å². The first-order chi connectivity index (χ1) is 7.21. The van der Waals surface area contributed by atoms with Crippen molar-refractivity contribution in [2.45, 2.75) is 19.8 Å². The first-order valence-corrected chi connectivity index (χ1v) is 5.14. The number of benzene rings is 1. The van der Waals surface area contributed by atoms with E-state index in [1.165, 1.54) is 12.1 Å². The molecule has 1 aromatic rings. The fourth-order valence-corrected chi connectivity index (χ4v) is 1.56. The van der Waals surface area contributed by atoms with Gasteiger partial charge in [-0.05, 0) is 36.1 Å². The van der Waals surface area contributed by atoms with Gasteiger partial charge in [-0.1, -0.05) is 13.3 Å². The SMILES string of the molecule is CCC(CO)Cc1cc(F)ccc1OC. The Morgan fingerprint density at radius 1 is 1.47 bits per heavy atom. The second-order valence-corrected chi connectivity index (χ2v) is 3.62. The van der Waals surface area contributed by atoms with Crippen molar-refractivity contribution in [1.82, 2.24) is 0 Å². The summed E-state index contributed by atoms with van der Waals surface area (Å²) in [6.45, 7) is 2.13. The summed E-state index contributed by atoms with van der Waals surface area (Å²) in [7, 11) is 1.57. The lowest BCUT2D eigenvalue weighted by molar-refractivity contribution is 0.221. The minimum atomic E-state index is -0.265. The van der Waals surface area contributed by atoms with E-state index in [1.54, 1.807) is 13.2 Å². The fraction of sp³-hybridized carbons (Fsp3) is 0.500. The number of halogens is 1. The Hall–Kier alpha value is -1.09. The van der Waals surface area contributed by atoms with E-state index in [4.69, 9.17) is 9.84 Å². The zero-order chi connectivity index (χ0) is 11.3. The summed E-state index contributed by atoms with van der Waals surface area (Å²) >= 11 is 0. The van der Waals surface area contributed by atoms with Crippen molar-refractivity contribution in [2.24, 2.45) is 5.92 Å². The molecule has 0 saturated carbocycles. The molecule has 84 valence electrons. The van der Waals surface area contributed by atoms with Gasteiger partial charge in [-0.3, -0.25) is 0 Å². The molecular weight excluding hydrogens is 195 g/mol. The van der Waals surface area contributed by atoms with Crippen molar-refractivity contribution in [3.05, 3.63) is 29.6 Å². The molecular formula is C12H17FO2. The van der Waals surface area contributed by atoms with Gasteiger partial charge in [-0.15, -0.1) is 0 Å². The summed E-state index contributed by atoms with van der Waals surface area (Å²) in [5.41, 5.74) is 0.818. The van der Waals surface area contributed by atoms with Gasteiger partial charge in [0.1, 0.15) is 11.6 Å². The predicted molar refractivity (Wildman–Crippen MR) is 57.5 cm³/mol. The van der Waals surface area contributed by atoms with Crippen molar-refractivity contribution >= 4 is 0 Å². The van der Waals surface area contributed by atoms with Crippen LogP contribution in [0, 0.1) is 11.7 Å². The van der Waals surface area contributed by atoms with Gasteiger partial charge >= 0.3 is 0 Å². The van der Waals surface area contributed by atoms with Gasteiger partial charge in [-0.25, -0.2) is 4.39 Å². The van der Waals surface area contributed by atoms with Crippen LogP contribution in [0.5, 0.6) is 5.75 Å². The second kappa shape index (κ2) is 5.71. The van der Waals surface area contributed by atoms with Crippen molar-refractivity contribution in [1.29, 1.82) is 0 Å². The molecule has 3 heteroatoms. The highest BCUT2D eigenvalue weighted by Crippen LogP contribution is 2.23. The van der Waals surface area contributed by atoms with Gasteiger partial charge in [0.25, 0.3) is 0 Å². The van der Waals surface area contributed by atoms with Gasteiger partial charge < -0.3 is 9.84 Å². The number of hydrogen-bond acceptors (Lipinski definition) is 2. The Bertz CT molecular complexity index is 308. The quantitative estimate of drug-likeness (QED) is 0.812. The third-order valence-electron chi connectivity index (χ3n) is 2.59. The molecule has 0 radical (unpaired) electrons. The van der Waals surface area contributed by atoms with Crippen LogP contribution < -0.4 is 4.74 Å². The number of aliphatic hydroxyl groups excluding tert-OH is 1. The maximum Gasteiger partial charge on any atom is 0.123 e. The largest absolute Gasteiger partial charge is 0.496 e. The van der Waals surface area contributed by atoms with Crippen molar-refractivity contribution in [2.75, 3.05) is 13.7 Å². The van der Waals surface area contributed by atoms with Crippen molar-refractivity contribution in [3.63, 3.8) is 0 Å². The van der Waals surface area contributed by atoms with Crippen LogP contribution >= 0.6 is 0 Å². The molecule has 1 rings (SSSR count). The molecule has 0 aromatic heterocycles. The van der Waals surface area contributed by atoms with E-state index in [1.807, 2.05) is 6.92 Å². The summed E-state index contributed by atoms with van der Waals surface area (Å²) < 4.78 is 18.2. The van der Waals surface area contributed by atoms with E-state index in [0.717, 1.165) is 12.0 Å². The van der Waals surface area contributed by atoms with Crippen LogP contribution in [0.2, 0.25) is 0 Å². The van der Waals surface area contributed by atoms with E-state index in [2.05, 4.69) is 0 Å². The molecule has 1 atom stereocenters.